The van der Waals surface area contributed by atoms with Crippen molar-refractivity contribution in [2.75, 3.05) is 11.9 Å². The van der Waals surface area contributed by atoms with Gasteiger partial charge in [-0.1, -0.05) is 25.8 Å². The summed E-state index contributed by atoms with van der Waals surface area (Å²) in [5.41, 5.74) is 1.19. The highest BCUT2D eigenvalue weighted by atomic mass is 16.5. The predicted molar refractivity (Wildman–Crippen MR) is 77.3 cm³/mol. The third-order valence-electron chi connectivity index (χ3n) is 3.77. The normalized spacial score (nSPS) is 24.3. The van der Waals surface area contributed by atoms with E-state index in [4.69, 9.17) is 4.74 Å². The molecule has 1 aliphatic rings. The Labute approximate surface area is 111 Å². The van der Waals surface area contributed by atoms with Gasteiger partial charge in [0.25, 0.3) is 0 Å². The summed E-state index contributed by atoms with van der Waals surface area (Å²) in [5, 5.41) is 3.66. The van der Waals surface area contributed by atoms with Gasteiger partial charge in [0.15, 0.2) is 0 Å². The van der Waals surface area contributed by atoms with E-state index in [1.54, 1.807) is 0 Å². The molecule has 1 fully saturated rings. The van der Waals surface area contributed by atoms with E-state index in [1.807, 2.05) is 13.0 Å². The third-order valence-corrected chi connectivity index (χ3v) is 3.77. The maximum absolute atomic E-state index is 5.54. The van der Waals surface area contributed by atoms with Crippen LogP contribution in [0.3, 0.4) is 0 Å². The first-order valence-electron chi connectivity index (χ1n) is 7.27. The second kappa shape index (κ2) is 6.67. The lowest BCUT2D eigenvalue weighted by atomic mass is 10.0. The Bertz CT molecular complexity index is 364. The summed E-state index contributed by atoms with van der Waals surface area (Å²) in [6.45, 7) is 5.12. The van der Waals surface area contributed by atoms with Gasteiger partial charge in [-0.25, -0.2) is 0 Å². The van der Waals surface area contributed by atoms with Crippen LogP contribution in [0.4, 0.5) is 5.69 Å². The van der Waals surface area contributed by atoms with Crippen molar-refractivity contribution in [2.24, 2.45) is 5.92 Å². The molecule has 1 aromatic carbocycles. The van der Waals surface area contributed by atoms with Crippen molar-refractivity contribution in [3.63, 3.8) is 0 Å². The average Bonchev–Trinajstić information content (AvgIpc) is 2.56. The van der Waals surface area contributed by atoms with Gasteiger partial charge < -0.3 is 10.1 Å². The highest BCUT2D eigenvalue weighted by Gasteiger charge is 2.15. The Morgan fingerprint density at radius 3 is 2.94 bits per heavy atom. The van der Waals surface area contributed by atoms with Crippen LogP contribution in [0, 0.1) is 5.92 Å². The second-order valence-corrected chi connectivity index (χ2v) is 5.42. The lowest BCUT2D eigenvalue weighted by Crippen LogP contribution is -2.18. The van der Waals surface area contributed by atoms with Crippen LogP contribution < -0.4 is 10.1 Å². The SMILES string of the molecule is CCOc1cccc(NC2CCCC(C)CC2)c1. The minimum absolute atomic E-state index is 0.631. The van der Waals surface area contributed by atoms with Gasteiger partial charge in [0, 0.05) is 17.8 Å². The molecule has 2 atom stereocenters. The number of nitrogens with one attached hydrogen (secondary N) is 1. The summed E-state index contributed by atoms with van der Waals surface area (Å²) in [7, 11) is 0. The number of anilines is 1. The molecule has 1 aromatic rings. The Hall–Kier alpha value is -1.18. The van der Waals surface area contributed by atoms with Gasteiger partial charge in [0.2, 0.25) is 0 Å². The van der Waals surface area contributed by atoms with Gasteiger partial charge in [-0.3, -0.25) is 0 Å². The summed E-state index contributed by atoms with van der Waals surface area (Å²) in [5.74, 6) is 1.86. The molecular weight excluding hydrogens is 222 g/mol. The van der Waals surface area contributed by atoms with E-state index in [9.17, 15) is 0 Å². The quantitative estimate of drug-likeness (QED) is 0.793. The van der Waals surface area contributed by atoms with Crippen molar-refractivity contribution in [3.8, 4) is 5.75 Å². The van der Waals surface area contributed by atoms with Crippen molar-refractivity contribution in [1.82, 2.24) is 0 Å². The zero-order valence-electron chi connectivity index (χ0n) is 11.6. The molecule has 0 amide bonds. The maximum Gasteiger partial charge on any atom is 0.121 e. The fourth-order valence-corrected chi connectivity index (χ4v) is 2.71. The van der Waals surface area contributed by atoms with Crippen LogP contribution in [0.15, 0.2) is 24.3 Å². The van der Waals surface area contributed by atoms with E-state index in [-0.39, 0.29) is 0 Å². The van der Waals surface area contributed by atoms with Crippen LogP contribution in [0.2, 0.25) is 0 Å². The van der Waals surface area contributed by atoms with Crippen LogP contribution in [-0.2, 0) is 0 Å². The van der Waals surface area contributed by atoms with E-state index < -0.39 is 0 Å². The molecule has 2 rings (SSSR count). The first kappa shape index (κ1) is 13.3. The van der Waals surface area contributed by atoms with Gasteiger partial charge in [-0.15, -0.1) is 0 Å². The molecule has 2 heteroatoms. The van der Waals surface area contributed by atoms with Crippen molar-refractivity contribution < 1.29 is 4.74 Å². The van der Waals surface area contributed by atoms with Crippen LogP contribution in [-0.4, -0.2) is 12.6 Å². The fourth-order valence-electron chi connectivity index (χ4n) is 2.71. The number of rotatable bonds is 4. The first-order valence-corrected chi connectivity index (χ1v) is 7.27. The number of hydrogen-bond donors (Lipinski definition) is 1. The molecule has 18 heavy (non-hydrogen) atoms. The number of benzene rings is 1. The van der Waals surface area contributed by atoms with Crippen molar-refractivity contribution >= 4 is 5.69 Å². The van der Waals surface area contributed by atoms with Crippen LogP contribution in [0.5, 0.6) is 5.75 Å². The molecule has 0 aromatic heterocycles. The van der Waals surface area contributed by atoms with Gasteiger partial charge in [0.05, 0.1) is 6.61 Å². The number of ether oxygens (including phenoxy) is 1. The molecule has 0 saturated heterocycles. The highest BCUT2D eigenvalue weighted by Crippen LogP contribution is 2.26. The molecule has 1 aliphatic carbocycles. The standard InChI is InChI=1S/C16H25NO/c1-3-18-16-9-5-8-15(12-16)17-14-7-4-6-13(2)10-11-14/h5,8-9,12-14,17H,3-4,6-7,10-11H2,1-2H3. The van der Waals surface area contributed by atoms with Gasteiger partial charge in [0.1, 0.15) is 5.75 Å². The van der Waals surface area contributed by atoms with Crippen molar-refractivity contribution in [2.45, 2.75) is 52.0 Å². The van der Waals surface area contributed by atoms with Crippen LogP contribution in [0.1, 0.15) is 46.0 Å². The minimum atomic E-state index is 0.631. The molecule has 2 unspecified atom stereocenters. The minimum Gasteiger partial charge on any atom is -0.494 e. The zero-order valence-corrected chi connectivity index (χ0v) is 11.6. The summed E-state index contributed by atoms with van der Waals surface area (Å²) < 4.78 is 5.54. The molecular formula is C16H25NO. The van der Waals surface area contributed by atoms with Crippen LogP contribution in [0.25, 0.3) is 0 Å². The summed E-state index contributed by atoms with van der Waals surface area (Å²) in [4.78, 5) is 0. The Morgan fingerprint density at radius 2 is 2.11 bits per heavy atom. The van der Waals surface area contributed by atoms with E-state index in [0.29, 0.717) is 6.04 Å². The van der Waals surface area contributed by atoms with E-state index in [1.165, 1.54) is 37.8 Å². The second-order valence-electron chi connectivity index (χ2n) is 5.42. The molecule has 100 valence electrons. The summed E-state index contributed by atoms with van der Waals surface area (Å²) >= 11 is 0. The Kier molecular flexibility index (Phi) is 4.91. The molecule has 0 radical (unpaired) electrons. The summed E-state index contributed by atoms with van der Waals surface area (Å²) in [6, 6.07) is 8.96. The lowest BCUT2D eigenvalue weighted by molar-refractivity contribution is 0.340. The van der Waals surface area contributed by atoms with Crippen LogP contribution >= 0.6 is 0 Å². The molecule has 0 heterocycles. The number of hydrogen-bond acceptors (Lipinski definition) is 2. The Balaban J connectivity index is 1.93. The van der Waals surface area contributed by atoms with Gasteiger partial charge in [-0.05, 0) is 44.2 Å². The molecule has 1 saturated carbocycles. The topological polar surface area (TPSA) is 21.3 Å². The maximum atomic E-state index is 5.54. The zero-order chi connectivity index (χ0) is 12.8. The smallest absolute Gasteiger partial charge is 0.121 e. The van der Waals surface area contributed by atoms with E-state index in [0.717, 1.165) is 18.3 Å². The largest absolute Gasteiger partial charge is 0.494 e. The monoisotopic (exact) mass is 247 g/mol. The molecule has 0 bridgehead atoms. The van der Waals surface area contributed by atoms with E-state index >= 15 is 0 Å². The molecule has 0 spiro atoms. The average molecular weight is 247 g/mol. The molecule has 0 aliphatic heterocycles. The molecule has 1 N–H and O–H groups in total. The molecule has 2 nitrogen and oxygen atoms in total. The van der Waals surface area contributed by atoms with E-state index in [2.05, 4.69) is 30.4 Å². The Morgan fingerprint density at radius 1 is 1.22 bits per heavy atom. The van der Waals surface area contributed by atoms with Crippen molar-refractivity contribution in [1.29, 1.82) is 0 Å². The van der Waals surface area contributed by atoms with Gasteiger partial charge in [-0.2, -0.15) is 0 Å². The fraction of sp³-hybridized carbons (Fsp3) is 0.625. The van der Waals surface area contributed by atoms with Crippen molar-refractivity contribution in [3.05, 3.63) is 24.3 Å². The highest BCUT2D eigenvalue weighted by molar-refractivity contribution is 5.48. The first-order chi connectivity index (χ1) is 8.78. The van der Waals surface area contributed by atoms with Gasteiger partial charge >= 0.3 is 0 Å². The lowest BCUT2D eigenvalue weighted by Gasteiger charge is -2.18. The summed E-state index contributed by atoms with van der Waals surface area (Å²) in [6.07, 6.45) is 6.67. The third kappa shape index (κ3) is 3.94. The predicted octanol–water partition coefficient (Wildman–Crippen LogP) is 4.47.